The molecule has 0 radical (unpaired) electrons. The Morgan fingerprint density at radius 3 is 2.04 bits per heavy atom. The van der Waals surface area contributed by atoms with E-state index in [2.05, 4.69) is 0 Å². The average molecular weight is 372 g/mol. The molecule has 144 valence electrons. The Morgan fingerprint density at radius 2 is 1.48 bits per heavy atom. The van der Waals surface area contributed by atoms with Crippen LogP contribution >= 0.6 is 0 Å². The van der Waals surface area contributed by atoms with Gasteiger partial charge in [-0.1, -0.05) is 18.2 Å². The number of carbonyl (C=O) groups is 2. The van der Waals surface area contributed by atoms with E-state index in [4.69, 9.17) is 9.84 Å². The third-order valence-electron chi connectivity index (χ3n) is 4.34. The van der Waals surface area contributed by atoms with Crippen LogP contribution in [0, 0.1) is 0 Å². The summed E-state index contributed by atoms with van der Waals surface area (Å²) >= 11 is 0. The van der Waals surface area contributed by atoms with E-state index in [1.54, 1.807) is 24.3 Å². The summed E-state index contributed by atoms with van der Waals surface area (Å²) < 4.78 is 5.03. The Labute approximate surface area is 158 Å². The quantitative estimate of drug-likeness (QED) is 0.554. The first-order chi connectivity index (χ1) is 12.9. The van der Waals surface area contributed by atoms with E-state index >= 15 is 0 Å². The Kier molecular flexibility index (Phi) is 7.37. The van der Waals surface area contributed by atoms with Crippen LogP contribution in [0.2, 0.25) is 0 Å². The number of phenols is 2. The molecular weight excluding hydrogens is 348 g/mol. The third-order valence-corrected chi connectivity index (χ3v) is 4.34. The molecule has 0 saturated heterocycles. The first-order valence-electron chi connectivity index (χ1n) is 8.74. The zero-order valence-corrected chi connectivity index (χ0v) is 15.3. The number of aryl methyl sites for hydroxylation is 2. The number of benzene rings is 2. The molecule has 6 nitrogen and oxygen atoms in total. The van der Waals surface area contributed by atoms with Crippen LogP contribution in [0.4, 0.5) is 0 Å². The van der Waals surface area contributed by atoms with Crippen LogP contribution in [-0.2, 0) is 29.0 Å². The molecule has 0 saturated carbocycles. The maximum Gasteiger partial charge on any atom is 0.160 e. The molecule has 0 fully saturated rings. The molecule has 0 bridgehead atoms. The highest BCUT2D eigenvalue weighted by molar-refractivity contribution is 5.99. The summed E-state index contributed by atoms with van der Waals surface area (Å²) in [5.41, 5.74) is 2.07. The number of methoxy groups -OCH3 is 1. The fourth-order valence-electron chi connectivity index (χ4n) is 2.74. The monoisotopic (exact) mass is 372 g/mol. The van der Waals surface area contributed by atoms with E-state index in [1.165, 1.54) is 19.2 Å². The second kappa shape index (κ2) is 9.73. The van der Waals surface area contributed by atoms with Crippen molar-refractivity contribution >= 4 is 11.6 Å². The summed E-state index contributed by atoms with van der Waals surface area (Å²) in [5, 5.41) is 28.3. The van der Waals surface area contributed by atoms with E-state index in [0.717, 1.165) is 11.1 Å². The van der Waals surface area contributed by atoms with Gasteiger partial charge in [-0.2, -0.15) is 0 Å². The Hall–Kier alpha value is -2.86. The van der Waals surface area contributed by atoms with Crippen molar-refractivity contribution in [3.8, 4) is 17.2 Å². The predicted octanol–water partition coefficient (Wildman–Crippen LogP) is 2.69. The number of hydrogen-bond donors (Lipinski definition) is 3. The number of phenolic OH excluding ortho intramolecular Hbond substituents is 1. The van der Waals surface area contributed by atoms with Crippen molar-refractivity contribution in [2.75, 3.05) is 7.11 Å². The largest absolute Gasteiger partial charge is 0.508 e. The zero-order chi connectivity index (χ0) is 19.8. The summed E-state index contributed by atoms with van der Waals surface area (Å²) in [4.78, 5) is 24.0. The smallest absolute Gasteiger partial charge is 0.160 e. The van der Waals surface area contributed by atoms with Gasteiger partial charge in [0.2, 0.25) is 0 Å². The van der Waals surface area contributed by atoms with Crippen LogP contribution in [0.3, 0.4) is 0 Å². The Morgan fingerprint density at radius 1 is 0.889 bits per heavy atom. The molecule has 0 aliphatic carbocycles. The van der Waals surface area contributed by atoms with Crippen LogP contribution in [-0.4, -0.2) is 34.0 Å². The Bertz CT molecular complexity index is 812. The summed E-state index contributed by atoms with van der Waals surface area (Å²) in [6, 6.07) is 9.80. The van der Waals surface area contributed by atoms with Crippen LogP contribution in [0.15, 0.2) is 36.4 Å². The van der Waals surface area contributed by atoms with Crippen molar-refractivity contribution in [3.05, 3.63) is 53.1 Å². The highest BCUT2D eigenvalue weighted by Gasteiger charge is 2.12. The molecule has 0 aromatic heterocycles. The number of aliphatic hydroxyl groups is 1. The molecular formula is C21H24O6. The number of carbonyl (C=O) groups excluding carboxylic acids is 2. The van der Waals surface area contributed by atoms with Crippen LogP contribution in [0.1, 0.15) is 36.0 Å². The van der Waals surface area contributed by atoms with Crippen molar-refractivity contribution in [2.45, 2.75) is 38.7 Å². The summed E-state index contributed by atoms with van der Waals surface area (Å²) in [7, 11) is 1.46. The maximum absolute atomic E-state index is 12.0. The summed E-state index contributed by atoms with van der Waals surface area (Å²) in [6.45, 7) is -0.244. The maximum atomic E-state index is 12.0. The van der Waals surface area contributed by atoms with Crippen molar-refractivity contribution < 1.29 is 29.6 Å². The van der Waals surface area contributed by atoms with E-state index in [-0.39, 0.29) is 48.9 Å². The lowest BCUT2D eigenvalue weighted by Crippen LogP contribution is -2.09. The molecule has 0 atom stereocenters. The summed E-state index contributed by atoms with van der Waals surface area (Å²) in [5.74, 6) is 0.120. The van der Waals surface area contributed by atoms with E-state index in [1.807, 2.05) is 0 Å². The van der Waals surface area contributed by atoms with E-state index in [0.29, 0.717) is 24.2 Å². The van der Waals surface area contributed by atoms with Crippen molar-refractivity contribution in [1.82, 2.24) is 0 Å². The summed E-state index contributed by atoms with van der Waals surface area (Å²) in [6.07, 6.45) is 1.25. The van der Waals surface area contributed by atoms with Gasteiger partial charge in [-0.25, -0.2) is 0 Å². The van der Waals surface area contributed by atoms with Gasteiger partial charge >= 0.3 is 0 Å². The molecule has 0 spiro atoms. The number of Topliss-reactive ketones (excluding diaryl/α,β-unsaturated/α-hetero) is 2. The first-order valence-corrected chi connectivity index (χ1v) is 8.74. The molecule has 27 heavy (non-hydrogen) atoms. The third kappa shape index (κ3) is 6.11. The van der Waals surface area contributed by atoms with Gasteiger partial charge in [0.05, 0.1) is 20.1 Å². The normalized spacial score (nSPS) is 10.6. The van der Waals surface area contributed by atoms with Gasteiger partial charge in [0.1, 0.15) is 17.3 Å². The van der Waals surface area contributed by atoms with Crippen LogP contribution in [0.5, 0.6) is 17.2 Å². The Balaban J connectivity index is 1.78. The second-order valence-corrected chi connectivity index (χ2v) is 6.38. The number of hydrogen-bond acceptors (Lipinski definition) is 6. The van der Waals surface area contributed by atoms with Gasteiger partial charge in [-0.15, -0.1) is 0 Å². The van der Waals surface area contributed by atoms with Crippen LogP contribution < -0.4 is 4.74 Å². The van der Waals surface area contributed by atoms with Gasteiger partial charge in [0.15, 0.2) is 11.5 Å². The molecule has 6 heteroatoms. The van der Waals surface area contributed by atoms with Crippen LogP contribution in [0.25, 0.3) is 0 Å². The highest BCUT2D eigenvalue weighted by Crippen LogP contribution is 2.26. The predicted molar refractivity (Wildman–Crippen MR) is 100.0 cm³/mol. The van der Waals surface area contributed by atoms with Gasteiger partial charge in [-0.05, 0) is 42.2 Å². The molecule has 0 heterocycles. The topological polar surface area (TPSA) is 104 Å². The first kappa shape index (κ1) is 20.5. The SMILES string of the molecule is COc1cc(CCC(=O)CC(=O)CCc2ccc(CO)c(O)c2)ccc1O. The molecule has 0 aliphatic heterocycles. The minimum Gasteiger partial charge on any atom is -0.508 e. The molecule has 3 N–H and O–H groups in total. The fourth-order valence-corrected chi connectivity index (χ4v) is 2.74. The zero-order valence-electron chi connectivity index (χ0n) is 15.3. The van der Waals surface area contributed by atoms with Gasteiger partial charge < -0.3 is 20.1 Å². The minimum absolute atomic E-state index is 0.00264. The number of rotatable bonds is 10. The van der Waals surface area contributed by atoms with Crippen molar-refractivity contribution in [1.29, 1.82) is 0 Å². The molecule has 0 aliphatic rings. The van der Waals surface area contributed by atoms with E-state index in [9.17, 15) is 19.8 Å². The van der Waals surface area contributed by atoms with Gasteiger partial charge in [0, 0.05) is 18.4 Å². The van der Waals surface area contributed by atoms with Gasteiger partial charge in [0.25, 0.3) is 0 Å². The number of ketones is 2. The lowest BCUT2D eigenvalue weighted by atomic mass is 10.0. The fraction of sp³-hybridized carbons (Fsp3) is 0.333. The van der Waals surface area contributed by atoms with Gasteiger partial charge in [-0.3, -0.25) is 9.59 Å². The lowest BCUT2D eigenvalue weighted by molar-refractivity contribution is -0.126. The number of aromatic hydroxyl groups is 2. The minimum atomic E-state index is -0.244. The number of ether oxygens (including phenoxy) is 1. The highest BCUT2D eigenvalue weighted by atomic mass is 16.5. The van der Waals surface area contributed by atoms with E-state index < -0.39 is 0 Å². The molecule has 2 aromatic carbocycles. The lowest BCUT2D eigenvalue weighted by Gasteiger charge is -2.07. The molecule has 0 unspecified atom stereocenters. The van der Waals surface area contributed by atoms with Crippen molar-refractivity contribution in [2.24, 2.45) is 0 Å². The standard InChI is InChI=1S/C21H24O6/c1-27-21-11-15(5-9-19(21)25)4-8-18(24)12-17(23)7-3-14-2-6-16(13-22)20(26)10-14/h2,5-6,9-11,22,25-26H,3-4,7-8,12-13H2,1H3. The molecule has 2 rings (SSSR count). The average Bonchev–Trinajstić information content (AvgIpc) is 2.65. The second-order valence-electron chi connectivity index (χ2n) is 6.38. The number of aliphatic hydroxyl groups excluding tert-OH is 1. The molecule has 2 aromatic rings. The molecule has 0 amide bonds. The van der Waals surface area contributed by atoms with Crippen molar-refractivity contribution in [3.63, 3.8) is 0 Å².